The van der Waals surface area contributed by atoms with Crippen molar-refractivity contribution in [1.29, 1.82) is 0 Å². The van der Waals surface area contributed by atoms with E-state index >= 15 is 0 Å². The van der Waals surface area contributed by atoms with E-state index in [1.807, 2.05) is 36.4 Å². The normalized spacial score (nSPS) is 22.1. The molecule has 29 heavy (non-hydrogen) atoms. The van der Waals surface area contributed by atoms with Gasteiger partial charge in [-0.3, -0.25) is 9.91 Å². The first-order chi connectivity index (χ1) is 13.9. The average Bonchev–Trinajstić information content (AvgIpc) is 3.32. The maximum atomic E-state index is 12.2. The van der Waals surface area contributed by atoms with Crippen LogP contribution < -0.4 is 0 Å². The highest BCUT2D eigenvalue weighted by Crippen LogP contribution is 2.40. The predicted octanol–water partition coefficient (Wildman–Crippen LogP) is 4.25. The van der Waals surface area contributed by atoms with Gasteiger partial charge in [0.15, 0.2) is 0 Å². The van der Waals surface area contributed by atoms with Gasteiger partial charge >= 0.3 is 0 Å². The fraction of sp³-hybridized carbons (Fsp3) is 0.480. The topological polar surface area (TPSA) is 39.1 Å². The van der Waals surface area contributed by atoms with E-state index in [1.165, 1.54) is 5.71 Å². The van der Waals surface area contributed by atoms with Crippen molar-refractivity contribution < 1.29 is 5.11 Å². The van der Waals surface area contributed by atoms with Gasteiger partial charge in [0.25, 0.3) is 0 Å². The molecule has 0 aliphatic carbocycles. The Labute approximate surface area is 174 Å². The van der Waals surface area contributed by atoms with Gasteiger partial charge in [-0.2, -0.15) is 5.10 Å². The lowest BCUT2D eigenvalue weighted by molar-refractivity contribution is 0.00113. The van der Waals surface area contributed by atoms with Gasteiger partial charge in [-0.25, -0.2) is 0 Å². The molecule has 1 saturated heterocycles. The molecule has 2 aliphatic heterocycles. The molecular weight excluding hydrogens is 358 g/mol. The Balaban J connectivity index is 1.66. The van der Waals surface area contributed by atoms with Crippen molar-refractivity contribution in [2.75, 3.05) is 19.6 Å². The molecule has 1 fully saturated rings. The van der Waals surface area contributed by atoms with Gasteiger partial charge in [0, 0.05) is 25.6 Å². The van der Waals surface area contributed by atoms with E-state index in [1.54, 1.807) is 0 Å². The summed E-state index contributed by atoms with van der Waals surface area (Å²) in [6.45, 7) is 9.44. The molecule has 0 unspecified atom stereocenters. The number of aliphatic hydroxyl groups is 1. The number of rotatable bonds is 6. The van der Waals surface area contributed by atoms with Crippen LogP contribution in [0.15, 0.2) is 65.8 Å². The lowest BCUT2D eigenvalue weighted by atomic mass is 9.79. The molecule has 0 radical (unpaired) electrons. The van der Waals surface area contributed by atoms with E-state index < -0.39 is 5.60 Å². The highest BCUT2D eigenvalue weighted by molar-refractivity contribution is 5.88. The molecule has 4 rings (SSSR count). The summed E-state index contributed by atoms with van der Waals surface area (Å²) in [6.07, 6.45) is 3.06. The van der Waals surface area contributed by atoms with Crippen molar-refractivity contribution >= 4 is 5.71 Å². The summed E-state index contributed by atoms with van der Waals surface area (Å²) in [5.74, 6) is 0. The lowest BCUT2D eigenvalue weighted by Crippen LogP contribution is -2.49. The number of hydrogen-bond acceptors (Lipinski definition) is 4. The zero-order valence-electron chi connectivity index (χ0n) is 17.9. The molecule has 2 aromatic carbocycles. The number of benzene rings is 2. The van der Waals surface area contributed by atoms with Gasteiger partial charge in [0.1, 0.15) is 5.60 Å². The van der Waals surface area contributed by atoms with Crippen molar-refractivity contribution in [2.45, 2.75) is 57.2 Å². The molecule has 0 aromatic heterocycles. The third-order valence-corrected chi connectivity index (χ3v) is 6.56. The highest BCUT2D eigenvalue weighted by atomic mass is 16.3. The molecule has 4 heteroatoms. The summed E-state index contributed by atoms with van der Waals surface area (Å²) in [7, 11) is 0. The molecule has 0 spiro atoms. The standard InChI is InChI=1S/C25H33N3O/c1-4-28-24(2,3)18-22(26-28)19-27-17-11-16-23(27)25(29,20-12-7-5-8-13-20)21-14-9-6-10-15-21/h5-10,12-15,23,29H,4,11,16-19H2,1-3H3/t23-/m0/s1. The first kappa shape index (κ1) is 20.1. The molecule has 2 aromatic rings. The average molecular weight is 392 g/mol. The molecule has 1 atom stereocenters. The van der Waals surface area contributed by atoms with E-state index in [0.717, 1.165) is 50.0 Å². The molecular formula is C25H33N3O. The van der Waals surface area contributed by atoms with Gasteiger partial charge in [-0.05, 0) is 51.3 Å². The number of hydrazone groups is 1. The van der Waals surface area contributed by atoms with Gasteiger partial charge in [-0.15, -0.1) is 0 Å². The van der Waals surface area contributed by atoms with Crippen LogP contribution in [0, 0.1) is 0 Å². The molecule has 0 bridgehead atoms. The van der Waals surface area contributed by atoms with Crippen molar-refractivity contribution in [3.63, 3.8) is 0 Å². The predicted molar refractivity (Wildman–Crippen MR) is 119 cm³/mol. The minimum absolute atomic E-state index is 0.0359. The zero-order chi connectivity index (χ0) is 20.5. The van der Waals surface area contributed by atoms with Crippen LogP contribution in [-0.4, -0.2) is 51.9 Å². The Morgan fingerprint density at radius 1 is 1.03 bits per heavy atom. The molecule has 0 saturated carbocycles. The quantitative estimate of drug-likeness (QED) is 0.800. The lowest BCUT2D eigenvalue weighted by Gasteiger charge is -2.40. The third kappa shape index (κ3) is 3.72. The number of likely N-dealkylation sites (tertiary alicyclic amines) is 1. The SMILES string of the molecule is CCN1N=C(CN2CCC[C@H]2C(O)(c2ccccc2)c2ccccc2)CC1(C)C. The van der Waals surface area contributed by atoms with Crippen LogP contribution in [0.25, 0.3) is 0 Å². The Morgan fingerprint density at radius 3 is 2.14 bits per heavy atom. The van der Waals surface area contributed by atoms with Crippen LogP contribution in [-0.2, 0) is 5.60 Å². The molecule has 4 nitrogen and oxygen atoms in total. The summed E-state index contributed by atoms with van der Waals surface area (Å²) >= 11 is 0. The van der Waals surface area contributed by atoms with Crippen LogP contribution in [0.4, 0.5) is 0 Å². The number of hydrogen-bond donors (Lipinski definition) is 1. The minimum Gasteiger partial charge on any atom is -0.379 e. The van der Waals surface area contributed by atoms with Crippen LogP contribution in [0.1, 0.15) is 51.2 Å². The largest absolute Gasteiger partial charge is 0.379 e. The van der Waals surface area contributed by atoms with E-state index in [0.29, 0.717) is 0 Å². The Morgan fingerprint density at radius 2 is 1.62 bits per heavy atom. The van der Waals surface area contributed by atoms with Crippen molar-refractivity contribution in [3.05, 3.63) is 71.8 Å². The van der Waals surface area contributed by atoms with Gasteiger partial charge in [0.2, 0.25) is 0 Å². The number of nitrogens with zero attached hydrogens (tertiary/aromatic N) is 3. The summed E-state index contributed by atoms with van der Waals surface area (Å²) in [5.41, 5.74) is 2.21. The van der Waals surface area contributed by atoms with Gasteiger partial charge in [0.05, 0.1) is 11.3 Å². The van der Waals surface area contributed by atoms with Crippen molar-refractivity contribution in [2.24, 2.45) is 5.10 Å². The van der Waals surface area contributed by atoms with Gasteiger partial charge < -0.3 is 5.11 Å². The first-order valence-electron chi connectivity index (χ1n) is 10.9. The summed E-state index contributed by atoms with van der Waals surface area (Å²) in [6, 6.07) is 20.3. The van der Waals surface area contributed by atoms with Crippen LogP contribution in [0.3, 0.4) is 0 Å². The van der Waals surface area contributed by atoms with E-state index in [2.05, 4.69) is 54.9 Å². The maximum Gasteiger partial charge on any atom is 0.130 e. The van der Waals surface area contributed by atoms with E-state index in [4.69, 9.17) is 5.10 Å². The smallest absolute Gasteiger partial charge is 0.130 e. The second-order valence-corrected chi connectivity index (χ2v) is 9.00. The second-order valence-electron chi connectivity index (χ2n) is 9.00. The molecule has 1 N–H and O–H groups in total. The molecule has 154 valence electrons. The highest BCUT2D eigenvalue weighted by Gasteiger charge is 2.46. The van der Waals surface area contributed by atoms with Crippen molar-refractivity contribution in [3.8, 4) is 0 Å². The second kappa shape index (κ2) is 7.92. The fourth-order valence-electron chi connectivity index (χ4n) is 5.18. The van der Waals surface area contributed by atoms with E-state index in [9.17, 15) is 5.11 Å². The van der Waals surface area contributed by atoms with Crippen LogP contribution in [0.2, 0.25) is 0 Å². The molecule has 2 heterocycles. The molecule has 2 aliphatic rings. The fourth-order valence-corrected chi connectivity index (χ4v) is 5.18. The summed E-state index contributed by atoms with van der Waals surface area (Å²) in [4.78, 5) is 2.45. The summed E-state index contributed by atoms with van der Waals surface area (Å²) < 4.78 is 0. The summed E-state index contributed by atoms with van der Waals surface area (Å²) in [5, 5.41) is 19.3. The third-order valence-electron chi connectivity index (χ3n) is 6.56. The van der Waals surface area contributed by atoms with Crippen LogP contribution >= 0.6 is 0 Å². The van der Waals surface area contributed by atoms with Crippen molar-refractivity contribution in [1.82, 2.24) is 9.91 Å². The monoisotopic (exact) mass is 391 g/mol. The minimum atomic E-state index is -1.03. The van der Waals surface area contributed by atoms with Crippen LogP contribution in [0.5, 0.6) is 0 Å². The zero-order valence-corrected chi connectivity index (χ0v) is 17.9. The van der Waals surface area contributed by atoms with Gasteiger partial charge in [-0.1, -0.05) is 60.7 Å². The Kier molecular flexibility index (Phi) is 5.50. The Hall–Kier alpha value is -2.17. The first-order valence-corrected chi connectivity index (χ1v) is 10.9. The van der Waals surface area contributed by atoms with E-state index in [-0.39, 0.29) is 11.6 Å². The Bertz CT molecular complexity index is 807. The maximum absolute atomic E-state index is 12.2. The molecule has 0 amide bonds.